The van der Waals surface area contributed by atoms with Gasteiger partial charge in [0.15, 0.2) is 0 Å². The number of halogens is 1. The van der Waals surface area contributed by atoms with Gasteiger partial charge in [-0.05, 0) is 22.9 Å². The monoisotopic (exact) mass is 317 g/mol. The summed E-state index contributed by atoms with van der Waals surface area (Å²) in [7, 11) is 1.54. The van der Waals surface area contributed by atoms with Gasteiger partial charge in [-0.2, -0.15) is 0 Å². The van der Waals surface area contributed by atoms with Gasteiger partial charge in [0.2, 0.25) is 5.82 Å². The first kappa shape index (κ1) is 14.4. The molecule has 0 amide bonds. The van der Waals surface area contributed by atoms with Crippen LogP contribution in [-0.2, 0) is 9.53 Å². The Bertz CT molecular complexity index is 466. The predicted molar refractivity (Wildman–Crippen MR) is 68.5 cm³/mol. The van der Waals surface area contributed by atoms with Crippen LogP contribution in [0.4, 0.5) is 11.5 Å². The molecular weight excluding hydrogens is 306 g/mol. The normalized spacial score (nSPS) is 9.94. The first-order valence-electron chi connectivity index (χ1n) is 5.12. The number of hydrogen-bond donors (Lipinski definition) is 0. The molecule has 1 aromatic heterocycles. The summed E-state index contributed by atoms with van der Waals surface area (Å²) >= 11 is 3.11. The van der Waals surface area contributed by atoms with Gasteiger partial charge in [0, 0.05) is 23.8 Å². The Balaban J connectivity index is 2.94. The maximum atomic E-state index is 11.3. The Labute approximate surface area is 112 Å². The largest absolute Gasteiger partial charge is 0.465 e. The lowest BCUT2D eigenvalue weighted by Crippen LogP contribution is -2.28. The Hall–Kier alpha value is -1.70. The Morgan fingerprint density at radius 3 is 2.89 bits per heavy atom. The molecular formula is C10H12BrN3O4. The molecule has 1 aromatic rings. The second-order valence-corrected chi connectivity index (χ2v) is 4.33. The van der Waals surface area contributed by atoms with Crippen LogP contribution in [0.2, 0.25) is 0 Å². The van der Waals surface area contributed by atoms with Crippen molar-refractivity contribution in [1.29, 1.82) is 0 Å². The molecule has 0 bridgehead atoms. The molecule has 0 fully saturated rings. The lowest BCUT2D eigenvalue weighted by atomic mass is 10.3. The highest BCUT2D eigenvalue weighted by Gasteiger charge is 2.21. The zero-order valence-electron chi connectivity index (χ0n) is 9.92. The van der Waals surface area contributed by atoms with Gasteiger partial charge in [-0.25, -0.2) is 4.98 Å². The van der Waals surface area contributed by atoms with Gasteiger partial charge in [-0.1, -0.05) is 0 Å². The Morgan fingerprint density at radius 2 is 2.33 bits per heavy atom. The van der Waals surface area contributed by atoms with E-state index in [-0.39, 0.29) is 24.7 Å². The van der Waals surface area contributed by atoms with E-state index in [1.54, 1.807) is 14.0 Å². The van der Waals surface area contributed by atoms with Crippen molar-refractivity contribution in [2.75, 3.05) is 25.1 Å². The number of nitro groups is 1. The van der Waals surface area contributed by atoms with Gasteiger partial charge in [0.25, 0.3) is 0 Å². The molecule has 8 heteroatoms. The van der Waals surface area contributed by atoms with Crippen LogP contribution in [0.25, 0.3) is 0 Å². The maximum absolute atomic E-state index is 11.3. The zero-order valence-corrected chi connectivity index (χ0v) is 11.5. The molecule has 1 rings (SSSR count). The van der Waals surface area contributed by atoms with Crippen molar-refractivity contribution in [2.45, 2.75) is 6.92 Å². The quantitative estimate of drug-likeness (QED) is 0.467. The van der Waals surface area contributed by atoms with Crippen molar-refractivity contribution >= 4 is 33.4 Å². The van der Waals surface area contributed by atoms with Crippen molar-refractivity contribution in [3.63, 3.8) is 0 Å². The van der Waals surface area contributed by atoms with E-state index in [1.807, 2.05) is 0 Å². The summed E-state index contributed by atoms with van der Waals surface area (Å²) < 4.78 is 5.27. The van der Waals surface area contributed by atoms with E-state index in [9.17, 15) is 14.9 Å². The number of aromatic nitrogens is 1. The van der Waals surface area contributed by atoms with Gasteiger partial charge >= 0.3 is 11.7 Å². The van der Waals surface area contributed by atoms with Crippen LogP contribution in [0.15, 0.2) is 16.7 Å². The molecule has 0 spiro atoms. The van der Waals surface area contributed by atoms with E-state index in [0.717, 1.165) is 0 Å². The minimum atomic E-state index is -0.547. The molecule has 0 saturated carbocycles. The number of pyridine rings is 1. The highest BCUT2D eigenvalue weighted by Crippen LogP contribution is 2.27. The van der Waals surface area contributed by atoms with E-state index in [4.69, 9.17) is 4.74 Å². The number of esters is 1. The van der Waals surface area contributed by atoms with E-state index in [1.165, 1.54) is 17.2 Å². The summed E-state index contributed by atoms with van der Waals surface area (Å²) in [4.78, 5) is 27.0. The van der Waals surface area contributed by atoms with E-state index in [2.05, 4.69) is 20.9 Å². The number of hydrogen-bond acceptors (Lipinski definition) is 6. The first-order chi connectivity index (χ1) is 8.45. The van der Waals surface area contributed by atoms with Crippen LogP contribution in [0, 0.1) is 10.1 Å². The Kier molecular flexibility index (Phi) is 5.02. The maximum Gasteiger partial charge on any atom is 0.325 e. The highest BCUT2D eigenvalue weighted by molar-refractivity contribution is 9.10. The fourth-order valence-corrected chi connectivity index (χ4v) is 1.64. The van der Waals surface area contributed by atoms with Crippen LogP contribution in [0.5, 0.6) is 0 Å². The number of carbonyl (C=O) groups is 1. The molecule has 1 heterocycles. The van der Waals surface area contributed by atoms with Crippen LogP contribution >= 0.6 is 15.9 Å². The second kappa shape index (κ2) is 6.29. The van der Waals surface area contributed by atoms with Gasteiger partial charge < -0.3 is 9.64 Å². The standard InChI is InChI=1S/C10H12BrN3O4/c1-3-18-9(15)6-13(2)10-8(14(16)17)4-7(11)5-12-10/h4-5H,3,6H2,1-2H3. The Morgan fingerprint density at radius 1 is 1.67 bits per heavy atom. The van der Waals surface area contributed by atoms with Crippen LogP contribution < -0.4 is 4.90 Å². The third-order valence-corrected chi connectivity index (χ3v) is 2.48. The van der Waals surface area contributed by atoms with E-state index < -0.39 is 10.9 Å². The van der Waals surface area contributed by atoms with Crippen LogP contribution in [-0.4, -0.2) is 36.1 Å². The number of nitrogens with zero attached hydrogens (tertiary/aromatic N) is 3. The molecule has 0 aliphatic heterocycles. The molecule has 0 aromatic carbocycles. The zero-order chi connectivity index (χ0) is 13.7. The van der Waals surface area contributed by atoms with Crippen LogP contribution in [0.1, 0.15) is 6.92 Å². The topological polar surface area (TPSA) is 85.6 Å². The number of anilines is 1. The average molecular weight is 318 g/mol. The first-order valence-corrected chi connectivity index (χ1v) is 5.91. The third-order valence-electron chi connectivity index (χ3n) is 2.04. The lowest BCUT2D eigenvalue weighted by molar-refractivity contribution is -0.384. The summed E-state index contributed by atoms with van der Waals surface area (Å²) in [5.74, 6) is -0.338. The van der Waals surface area contributed by atoms with Crippen molar-refractivity contribution in [1.82, 2.24) is 4.98 Å². The third kappa shape index (κ3) is 3.66. The fraction of sp³-hybridized carbons (Fsp3) is 0.400. The van der Waals surface area contributed by atoms with Gasteiger partial charge in [0.1, 0.15) is 6.54 Å². The van der Waals surface area contributed by atoms with Crippen molar-refractivity contribution < 1.29 is 14.5 Å². The minimum Gasteiger partial charge on any atom is -0.465 e. The smallest absolute Gasteiger partial charge is 0.325 e. The summed E-state index contributed by atoms with van der Waals surface area (Å²) in [6, 6.07) is 1.34. The van der Waals surface area contributed by atoms with E-state index >= 15 is 0 Å². The van der Waals surface area contributed by atoms with Crippen molar-refractivity contribution in [2.24, 2.45) is 0 Å². The SMILES string of the molecule is CCOC(=O)CN(C)c1ncc(Br)cc1[N+](=O)[O-]. The summed E-state index contributed by atoms with van der Waals surface area (Å²) in [5.41, 5.74) is -0.170. The molecule has 0 N–H and O–H groups in total. The number of carbonyl (C=O) groups excluding carboxylic acids is 1. The predicted octanol–water partition coefficient (Wildman–Crippen LogP) is 1.75. The minimum absolute atomic E-state index is 0.0939. The molecule has 18 heavy (non-hydrogen) atoms. The number of ether oxygens (including phenoxy) is 1. The van der Waals surface area contributed by atoms with Gasteiger partial charge in [-0.3, -0.25) is 14.9 Å². The van der Waals surface area contributed by atoms with Gasteiger partial charge in [-0.15, -0.1) is 0 Å². The molecule has 0 aliphatic carbocycles. The molecule has 98 valence electrons. The lowest BCUT2D eigenvalue weighted by Gasteiger charge is -2.16. The molecule has 0 atom stereocenters. The molecule has 0 saturated heterocycles. The molecule has 0 aliphatic rings. The summed E-state index contributed by atoms with van der Waals surface area (Å²) in [6.45, 7) is 1.87. The second-order valence-electron chi connectivity index (χ2n) is 3.41. The van der Waals surface area contributed by atoms with Gasteiger partial charge in [0.05, 0.1) is 11.5 Å². The number of likely N-dealkylation sites (N-methyl/N-ethyl adjacent to an activating group) is 1. The molecule has 0 unspecified atom stereocenters. The average Bonchev–Trinajstić information content (AvgIpc) is 2.28. The highest BCUT2D eigenvalue weighted by atomic mass is 79.9. The van der Waals surface area contributed by atoms with Crippen molar-refractivity contribution in [3.8, 4) is 0 Å². The summed E-state index contributed by atoms with van der Waals surface area (Å²) in [6.07, 6.45) is 1.43. The molecule has 0 radical (unpaired) electrons. The van der Waals surface area contributed by atoms with Crippen LogP contribution in [0.3, 0.4) is 0 Å². The van der Waals surface area contributed by atoms with Crippen molar-refractivity contribution in [3.05, 3.63) is 26.9 Å². The number of rotatable bonds is 5. The summed E-state index contributed by atoms with van der Waals surface area (Å²) in [5, 5.41) is 10.9. The fourth-order valence-electron chi connectivity index (χ4n) is 1.32. The molecule has 7 nitrogen and oxygen atoms in total. The van der Waals surface area contributed by atoms with E-state index in [0.29, 0.717) is 4.47 Å².